The molecule has 1 aromatic rings. The standard InChI is InChI=1S/C12H16F3NO3S/c1-8(7-17)9(2)16-20(18,19)11-5-3-4-10(6-11)12(13,14)15/h3-6,8-9,16-17H,7H2,1-2H3. The Kier molecular flexibility index (Phi) is 5.17. The van der Waals surface area contributed by atoms with E-state index in [0.717, 1.165) is 18.2 Å². The van der Waals surface area contributed by atoms with E-state index in [1.165, 1.54) is 6.92 Å². The van der Waals surface area contributed by atoms with Crippen LogP contribution in [0.2, 0.25) is 0 Å². The number of rotatable bonds is 5. The maximum absolute atomic E-state index is 12.6. The Morgan fingerprint density at radius 2 is 1.90 bits per heavy atom. The monoisotopic (exact) mass is 311 g/mol. The Morgan fingerprint density at radius 1 is 1.30 bits per heavy atom. The van der Waals surface area contributed by atoms with Gasteiger partial charge in [0.2, 0.25) is 10.0 Å². The van der Waals surface area contributed by atoms with E-state index in [9.17, 15) is 21.6 Å². The summed E-state index contributed by atoms with van der Waals surface area (Å²) in [7, 11) is -4.06. The van der Waals surface area contributed by atoms with Crippen LogP contribution in [0.1, 0.15) is 19.4 Å². The van der Waals surface area contributed by atoms with Gasteiger partial charge in [0.1, 0.15) is 0 Å². The molecule has 1 aromatic carbocycles. The SMILES string of the molecule is CC(CO)C(C)NS(=O)(=O)c1cccc(C(F)(F)F)c1. The van der Waals surface area contributed by atoms with Crippen LogP contribution in [-0.2, 0) is 16.2 Å². The second kappa shape index (κ2) is 6.11. The molecule has 1 rings (SSSR count). The highest BCUT2D eigenvalue weighted by atomic mass is 32.2. The van der Waals surface area contributed by atoms with Gasteiger partial charge in [0, 0.05) is 12.6 Å². The quantitative estimate of drug-likeness (QED) is 0.874. The Morgan fingerprint density at radius 3 is 2.40 bits per heavy atom. The highest BCUT2D eigenvalue weighted by Gasteiger charge is 2.32. The van der Waals surface area contributed by atoms with Gasteiger partial charge in [-0.15, -0.1) is 0 Å². The van der Waals surface area contributed by atoms with Crippen molar-refractivity contribution in [3.8, 4) is 0 Å². The van der Waals surface area contributed by atoms with Gasteiger partial charge in [0.15, 0.2) is 0 Å². The van der Waals surface area contributed by atoms with Crippen molar-refractivity contribution < 1.29 is 26.7 Å². The molecule has 20 heavy (non-hydrogen) atoms. The van der Waals surface area contributed by atoms with Crippen LogP contribution < -0.4 is 4.72 Å². The molecule has 0 spiro atoms. The maximum Gasteiger partial charge on any atom is 0.416 e. The molecular weight excluding hydrogens is 295 g/mol. The molecule has 2 unspecified atom stereocenters. The average Bonchev–Trinajstić information content (AvgIpc) is 2.36. The summed E-state index contributed by atoms with van der Waals surface area (Å²) in [5.41, 5.74) is -1.02. The molecule has 0 bridgehead atoms. The average molecular weight is 311 g/mol. The Balaban J connectivity index is 3.05. The second-order valence-corrected chi connectivity index (χ2v) is 6.31. The van der Waals surface area contributed by atoms with Crippen LogP contribution >= 0.6 is 0 Å². The molecule has 0 aliphatic carbocycles. The lowest BCUT2D eigenvalue weighted by atomic mass is 10.1. The first kappa shape index (κ1) is 16.9. The van der Waals surface area contributed by atoms with E-state index in [0.29, 0.717) is 6.07 Å². The summed E-state index contributed by atoms with van der Waals surface area (Å²) < 4.78 is 63.9. The molecule has 0 heterocycles. The van der Waals surface area contributed by atoms with Crippen LogP contribution in [0.5, 0.6) is 0 Å². The van der Waals surface area contributed by atoms with E-state index in [2.05, 4.69) is 4.72 Å². The van der Waals surface area contributed by atoms with Crippen LogP contribution in [0.15, 0.2) is 29.2 Å². The first-order valence-electron chi connectivity index (χ1n) is 5.88. The number of hydrogen-bond donors (Lipinski definition) is 2. The number of benzene rings is 1. The van der Waals surface area contributed by atoms with Gasteiger partial charge in [-0.05, 0) is 31.0 Å². The zero-order chi connectivity index (χ0) is 15.6. The van der Waals surface area contributed by atoms with E-state index in [4.69, 9.17) is 5.11 Å². The predicted octanol–water partition coefficient (Wildman–Crippen LogP) is 2.00. The van der Waals surface area contributed by atoms with Gasteiger partial charge in [0.25, 0.3) is 0 Å². The van der Waals surface area contributed by atoms with Crippen molar-refractivity contribution in [2.45, 2.75) is 31.0 Å². The third kappa shape index (κ3) is 4.19. The molecule has 8 heteroatoms. The summed E-state index contributed by atoms with van der Waals surface area (Å²) in [5.74, 6) is -0.351. The van der Waals surface area contributed by atoms with Crippen molar-refractivity contribution in [3.05, 3.63) is 29.8 Å². The third-order valence-corrected chi connectivity index (χ3v) is 4.51. The molecule has 114 valence electrons. The fourth-order valence-electron chi connectivity index (χ4n) is 1.43. The van der Waals surface area contributed by atoms with Crippen molar-refractivity contribution in [2.75, 3.05) is 6.61 Å². The molecule has 0 aromatic heterocycles. The summed E-state index contributed by atoms with van der Waals surface area (Å²) in [6.45, 7) is 2.93. The topological polar surface area (TPSA) is 66.4 Å². The molecule has 4 nitrogen and oxygen atoms in total. The fraction of sp³-hybridized carbons (Fsp3) is 0.500. The first-order valence-corrected chi connectivity index (χ1v) is 7.36. The highest BCUT2D eigenvalue weighted by molar-refractivity contribution is 7.89. The molecule has 0 saturated carbocycles. The number of sulfonamides is 1. The molecule has 0 aliphatic rings. The summed E-state index contributed by atoms with van der Waals surface area (Å²) >= 11 is 0. The fourth-order valence-corrected chi connectivity index (χ4v) is 2.82. The Hall–Kier alpha value is -1.12. The van der Waals surface area contributed by atoms with Gasteiger partial charge in [-0.1, -0.05) is 13.0 Å². The lowest BCUT2D eigenvalue weighted by Gasteiger charge is -2.19. The van der Waals surface area contributed by atoms with Crippen LogP contribution in [0, 0.1) is 5.92 Å². The van der Waals surface area contributed by atoms with E-state index in [1.807, 2.05) is 0 Å². The summed E-state index contributed by atoms with van der Waals surface area (Å²) in [4.78, 5) is -0.454. The molecule has 0 aliphatic heterocycles. The minimum Gasteiger partial charge on any atom is -0.396 e. The third-order valence-electron chi connectivity index (χ3n) is 2.95. The number of hydrogen-bond acceptors (Lipinski definition) is 3. The van der Waals surface area contributed by atoms with E-state index < -0.39 is 32.7 Å². The zero-order valence-corrected chi connectivity index (χ0v) is 11.8. The summed E-state index contributed by atoms with van der Waals surface area (Å²) in [6.07, 6.45) is -4.60. The Labute approximate surface area is 115 Å². The largest absolute Gasteiger partial charge is 0.416 e. The molecule has 0 amide bonds. The predicted molar refractivity (Wildman–Crippen MR) is 67.5 cm³/mol. The van der Waals surface area contributed by atoms with E-state index >= 15 is 0 Å². The second-order valence-electron chi connectivity index (χ2n) is 4.60. The lowest BCUT2D eigenvalue weighted by molar-refractivity contribution is -0.137. The van der Waals surface area contributed by atoms with Gasteiger partial charge >= 0.3 is 6.18 Å². The smallest absolute Gasteiger partial charge is 0.396 e. The Bertz CT molecular complexity index is 557. The van der Waals surface area contributed by atoms with Crippen molar-refractivity contribution in [1.82, 2.24) is 4.72 Å². The maximum atomic E-state index is 12.6. The lowest BCUT2D eigenvalue weighted by Crippen LogP contribution is -2.38. The van der Waals surface area contributed by atoms with E-state index in [-0.39, 0.29) is 12.5 Å². The van der Waals surface area contributed by atoms with Gasteiger partial charge in [-0.2, -0.15) is 13.2 Å². The van der Waals surface area contributed by atoms with Crippen molar-refractivity contribution in [3.63, 3.8) is 0 Å². The number of aliphatic hydroxyl groups excluding tert-OH is 1. The molecule has 2 N–H and O–H groups in total. The van der Waals surface area contributed by atoms with Crippen molar-refractivity contribution >= 4 is 10.0 Å². The van der Waals surface area contributed by atoms with Crippen LogP contribution in [0.4, 0.5) is 13.2 Å². The highest BCUT2D eigenvalue weighted by Crippen LogP contribution is 2.30. The number of nitrogens with one attached hydrogen (secondary N) is 1. The summed E-state index contributed by atoms with van der Waals surface area (Å²) in [6, 6.07) is 2.92. The van der Waals surface area contributed by atoms with Gasteiger partial charge in [0.05, 0.1) is 10.5 Å². The van der Waals surface area contributed by atoms with Gasteiger partial charge < -0.3 is 5.11 Å². The molecule has 2 atom stereocenters. The molecular formula is C12H16F3NO3S. The first-order chi connectivity index (χ1) is 9.08. The number of aliphatic hydroxyl groups is 1. The van der Waals surface area contributed by atoms with Gasteiger partial charge in [-0.3, -0.25) is 0 Å². The summed E-state index contributed by atoms with van der Waals surface area (Å²) in [5, 5.41) is 8.94. The number of alkyl halides is 3. The minimum absolute atomic E-state index is 0.230. The molecule has 0 radical (unpaired) electrons. The normalized spacial score (nSPS) is 15.9. The van der Waals surface area contributed by atoms with Crippen molar-refractivity contribution in [2.24, 2.45) is 5.92 Å². The molecule has 0 fully saturated rings. The van der Waals surface area contributed by atoms with Crippen LogP contribution in [0.3, 0.4) is 0 Å². The van der Waals surface area contributed by atoms with E-state index in [1.54, 1.807) is 6.92 Å². The van der Waals surface area contributed by atoms with Crippen molar-refractivity contribution in [1.29, 1.82) is 0 Å². The minimum atomic E-state index is -4.60. The van der Waals surface area contributed by atoms with Crippen LogP contribution in [-0.4, -0.2) is 26.2 Å². The number of halogens is 3. The molecule has 0 saturated heterocycles. The van der Waals surface area contributed by atoms with Gasteiger partial charge in [-0.25, -0.2) is 13.1 Å². The van der Waals surface area contributed by atoms with Crippen LogP contribution in [0.25, 0.3) is 0 Å². The zero-order valence-electron chi connectivity index (χ0n) is 11.0.